The average Bonchev–Trinajstić information content (AvgIpc) is 2.46. The van der Waals surface area contributed by atoms with Gasteiger partial charge in [-0.2, -0.15) is 0 Å². The number of carbonyl (C=O) groups excluding carboxylic acids is 1. The zero-order valence-electron chi connectivity index (χ0n) is 12.3. The topological polar surface area (TPSA) is 59.6 Å². The molecule has 0 saturated heterocycles. The Labute approximate surface area is 119 Å². The van der Waals surface area contributed by atoms with E-state index in [4.69, 9.17) is 9.47 Å². The molecule has 0 saturated carbocycles. The standard InChI is InChI=1S/C15H22N2O3/c1-15(2,14(18)16-3)10-17-9-11-4-5-12-13(8-11)20-7-6-19-12/h4-5,8,17H,6-7,9-10H2,1-3H3,(H,16,18). The molecule has 1 aliphatic heterocycles. The van der Waals surface area contributed by atoms with Gasteiger partial charge in [0.1, 0.15) is 13.2 Å². The molecule has 0 radical (unpaired) electrons. The van der Waals surface area contributed by atoms with E-state index in [1.165, 1.54) is 0 Å². The molecule has 1 aromatic carbocycles. The van der Waals surface area contributed by atoms with Crippen LogP contribution in [-0.2, 0) is 11.3 Å². The number of ether oxygens (including phenoxy) is 2. The highest BCUT2D eigenvalue weighted by Crippen LogP contribution is 2.30. The fourth-order valence-corrected chi connectivity index (χ4v) is 2.14. The molecule has 1 aromatic rings. The normalized spacial score (nSPS) is 13.9. The Bertz CT molecular complexity index is 486. The monoisotopic (exact) mass is 278 g/mol. The van der Waals surface area contributed by atoms with Crippen molar-refractivity contribution in [3.63, 3.8) is 0 Å². The van der Waals surface area contributed by atoms with Crippen LogP contribution in [0.15, 0.2) is 18.2 Å². The van der Waals surface area contributed by atoms with Gasteiger partial charge in [-0.3, -0.25) is 4.79 Å². The summed E-state index contributed by atoms with van der Waals surface area (Å²) in [5.41, 5.74) is 0.685. The molecule has 0 unspecified atom stereocenters. The first-order chi connectivity index (χ1) is 9.53. The van der Waals surface area contributed by atoms with E-state index in [2.05, 4.69) is 10.6 Å². The van der Waals surface area contributed by atoms with Crippen LogP contribution in [0.2, 0.25) is 0 Å². The summed E-state index contributed by atoms with van der Waals surface area (Å²) in [7, 11) is 1.66. The second-order valence-corrected chi connectivity index (χ2v) is 5.54. The SMILES string of the molecule is CNC(=O)C(C)(C)CNCc1ccc2c(c1)OCCO2. The zero-order chi connectivity index (χ0) is 14.6. The number of nitrogens with one attached hydrogen (secondary N) is 2. The number of rotatable bonds is 5. The highest BCUT2D eigenvalue weighted by atomic mass is 16.6. The molecule has 1 amide bonds. The number of carbonyl (C=O) groups is 1. The van der Waals surface area contributed by atoms with Crippen molar-refractivity contribution in [1.82, 2.24) is 10.6 Å². The van der Waals surface area contributed by atoms with Crippen LogP contribution in [0.5, 0.6) is 11.5 Å². The first kappa shape index (κ1) is 14.7. The molecule has 0 aliphatic carbocycles. The van der Waals surface area contributed by atoms with E-state index in [9.17, 15) is 4.79 Å². The summed E-state index contributed by atoms with van der Waals surface area (Å²) in [4.78, 5) is 11.7. The van der Waals surface area contributed by atoms with Crippen LogP contribution in [0.25, 0.3) is 0 Å². The van der Waals surface area contributed by atoms with Gasteiger partial charge in [0, 0.05) is 20.1 Å². The van der Waals surface area contributed by atoms with Gasteiger partial charge in [0.25, 0.3) is 0 Å². The molecule has 5 heteroatoms. The van der Waals surface area contributed by atoms with Gasteiger partial charge in [-0.1, -0.05) is 6.07 Å². The van der Waals surface area contributed by atoms with E-state index in [1.54, 1.807) is 7.05 Å². The third kappa shape index (κ3) is 3.42. The Hall–Kier alpha value is -1.75. The Morgan fingerprint density at radius 3 is 2.65 bits per heavy atom. The summed E-state index contributed by atoms with van der Waals surface area (Å²) in [6.07, 6.45) is 0. The molecule has 5 nitrogen and oxygen atoms in total. The first-order valence-corrected chi connectivity index (χ1v) is 6.84. The van der Waals surface area contributed by atoms with Crippen molar-refractivity contribution in [3.05, 3.63) is 23.8 Å². The number of amides is 1. The van der Waals surface area contributed by atoms with Gasteiger partial charge < -0.3 is 20.1 Å². The van der Waals surface area contributed by atoms with Crippen LogP contribution in [0.1, 0.15) is 19.4 Å². The van der Waals surface area contributed by atoms with Crippen molar-refractivity contribution in [2.75, 3.05) is 26.8 Å². The van der Waals surface area contributed by atoms with Gasteiger partial charge in [0.2, 0.25) is 5.91 Å². The molecule has 2 N–H and O–H groups in total. The smallest absolute Gasteiger partial charge is 0.226 e. The summed E-state index contributed by atoms with van der Waals surface area (Å²) in [5.74, 6) is 1.62. The molecule has 2 rings (SSSR count). The Morgan fingerprint density at radius 1 is 1.25 bits per heavy atom. The Kier molecular flexibility index (Phi) is 4.49. The lowest BCUT2D eigenvalue weighted by atomic mass is 9.92. The largest absolute Gasteiger partial charge is 0.486 e. The van der Waals surface area contributed by atoms with E-state index in [-0.39, 0.29) is 5.91 Å². The van der Waals surface area contributed by atoms with Crippen molar-refractivity contribution in [2.24, 2.45) is 5.41 Å². The van der Waals surface area contributed by atoms with Crippen molar-refractivity contribution < 1.29 is 14.3 Å². The molecule has 0 aromatic heterocycles. The third-order valence-electron chi connectivity index (χ3n) is 3.34. The zero-order valence-corrected chi connectivity index (χ0v) is 12.3. The lowest BCUT2D eigenvalue weighted by Crippen LogP contribution is -2.41. The van der Waals surface area contributed by atoms with Gasteiger partial charge in [0.15, 0.2) is 11.5 Å². The number of hydrogen-bond donors (Lipinski definition) is 2. The minimum absolute atomic E-state index is 0.0344. The van der Waals surface area contributed by atoms with Gasteiger partial charge in [0.05, 0.1) is 5.41 Å². The van der Waals surface area contributed by atoms with Crippen molar-refractivity contribution in [2.45, 2.75) is 20.4 Å². The number of hydrogen-bond acceptors (Lipinski definition) is 4. The van der Waals surface area contributed by atoms with Crippen molar-refractivity contribution in [1.29, 1.82) is 0 Å². The van der Waals surface area contributed by atoms with Crippen LogP contribution in [-0.4, -0.2) is 32.7 Å². The van der Waals surface area contributed by atoms with E-state index >= 15 is 0 Å². The molecule has 1 aliphatic rings. The maximum Gasteiger partial charge on any atom is 0.226 e. The summed E-state index contributed by atoms with van der Waals surface area (Å²) in [5, 5.41) is 5.99. The highest BCUT2D eigenvalue weighted by molar-refractivity contribution is 5.81. The second kappa shape index (κ2) is 6.13. The van der Waals surface area contributed by atoms with Gasteiger partial charge in [-0.25, -0.2) is 0 Å². The van der Waals surface area contributed by atoms with Gasteiger partial charge >= 0.3 is 0 Å². The van der Waals surface area contributed by atoms with Crippen LogP contribution >= 0.6 is 0 Å². The summed E-state index contributed by atoms with van der Waals surface area (Å²) in [6, 6.07) is 5.91. The predicted octanol–water partition coefficient (Wildman–Crippen LogP) is 1.32. The Balaban J connectivity index is 1.90. The molecular weight excluding hydrogens is 256 g/mol. The molecule has 110 valence electrons. The summed E-state index contributed by atoms with van der Waals surface area (Å²) < 4.78 is 11.0. The first-order valence-electron chi connectivity index (χ1n) is 6.84. The van der Waals surface area contributed by atoms with E-state index in [0.29, 0.717) is 26.3 Å². The Morgan fingerprint density at radius 2 is 1.95 bits per heavy atom. The number of benzene rings is 1. The molecule has 0 spiro atoms. The molecule has 1 heterocycles. The van der Waals surface area contributed by atoms with Gasteiger partial charge in [-0.15, -0.1) is 0 Å². The van der Waals surface area contributed by atoms with Crippen molar-refractivity contribution in [3.8, 4) is 11.5 Å². The third-order valence-corrected chi connectivity index (χ3v) is 3.34. The lowest BCUT2D eigenvalue weighted by Gasteiger charge is -2.23. The van der Waals surface area contributed by atoms with Crippen LogP contribution in [0, 0.1) is 5.41 Å². The lowest BCUT2D eigenvalue weighted by molar-refractivity contribution is -0.128. The van der Waals surface area contributed by atoms with E-state index in [1.807, 2.05) is 32.0 Å². The molecule has 0 fully saturated rings. The van der Waals surface area contributed by atoms with E-state index < -0.39 is 5.41 Å². The summed E-state index contributed by atoms with van der Waals surface area (Å²) >= 11 is 0. The van der Waals surface area contributed by atoms with Crippen LogP contribution in [0.3, 0.4) is 0 Å². The molecule has 0 atom stereocenters. The van der Waals surface area contributed by atoms with Gasteiger partial charge in [-0.05, 0) is 31.5 Å². The maximum absolute atomic E-state index is 11.7. The average molecular weight is 278 g/mol. The predicted molar refractivity (Wildman–Crippen MR) is 77.0 cm³/mol. The minimum Gasteiger partial charge on any atom is -0.486 e. The summed E-state index contributed by atoms with van der Waals surface area (Å²) in [6.45, 7) is 6.34. The minimum atomic E-state index is -0.428. The number of fused-ring (bicyclic) bond motifs is 1. The maximum atomic E-state index is 11.7. The van der Waals surface area contributed by atoms with Crippen LogP contribution in [0.4, 0.5) is 0 Å². The molecule has 20 heavy (non-hydrogen) atoms. The highest BCUT2D eigenvalue weighted by Gasteiger charge is 2.25. The molecule has 0 bridgehead atoms. The second-order valence-electron chi connectivity index (χ2n) is 5.54. The fourth-order valence-electron chi connectivity index (χ4n) is 2.14. The van der Waals surface area contributed by atoms with Crippen molar-refractivity contribution >= 4 is 5.91 Å². The quantitative estimate of drug-likeness (QED) is 0.853. The fraction of sp³-hybridized carbons (Fsp3) is 0.533. The van der Waals surface area contributed by atoms with Crippen LogP contribution < -0.4 is 20.1 Å². The van der Waals surface area contributed by atoms with E-state index in [0.717, 1.165) is 17.1 Å². The molecular formula is C15H22N2O3.